The number of para-hydroxylation sites is 1. The van der Waals surface area contributed by atoms with Crippen molar-refractivity contribution in [2.24, 2.45) is 4.99 Å². The number of aromatic hydroxyl groups is 1. The van der Waals surface area contributed by atoms with Crippen LogP contribution in [0.5, 0.6) is 17.2 Å². The molecule has 160 valence electrons. The Labute approximate surface area is 190 Å². The predicted molar refractivity (Wildman–Crippen MR) is 126 cm³/mol. The van der Waals surface area contributed by atoms with Crippen LogP contribution in [0.4, 0.5) is 0 Å². The molecule has 2 unspecified atom stereocenters. The minimum atomic E-state index is -0.247. The zero-order chi connectivity index (χ0) is 21.8. The number of benzene rings is 3. The minimum absolute atomic E-state index is 0.132. The van der Waals surface area contributed by atoms with Crippen LogP contribution in [0.2, 0.25) is 0 Å². The maximum Gasteiger partial charge on any atom is 0.162 e. The normalized spacial score (nSPS) is 18.4. The molecule has 5 nitrogen and oxygen atoms in total. The molecule has 0 spiro atoms. The van der Waals surface area contributed by atoms with Crippen LogP contribution >= 0.6 is 15.9 Å². The zero-order valence-corrected chi connectivity index (χ0v) is 19.1. The van der Waals surface area contributed by atoms with Crippen LogP contribution in [0.3, 0.4) is 0 Å². The van der Waals surface area contributed by atoms with Gasteiger partial charge in [0.25, 0.3) is 0 Å². The number of hydrogen-bond donors (Lipinski definition) is 2. The van der Waals surface area contributed by atoms with Crippen LogP contribution < -0.4 is 14.8 Å². The average Bonchev–Trinajstić information content (AvgIpc) is 2.81. The number of rotatable bonds is 6. The first-order valence-electron chi connectivity index (χ1n) is 10.3. The first-order valence-corrected chi connectivity index (χ1v) is 11.1. The molecule has 0 radical (unpaired) electrons. The number of aliphatic imine (C=N–C) groups is 1. The summed E-state index contributed by atoms with van der Waals surface area (Å²) >= 11 is 3.50. The van der Waals surface area contributed by atoms with Gasteiger partial charge in [-0.3, -0.25) is 10.3 Å². The second-order valence-corrected chi connectivity index (χ2v) is 8.23. The number of nitrogens with one attached hydrogen (secondary N) is 1. The highest BCUT2D eigenvalue weighted by Gasteiger charge is 2.28. The summed E-state index contributed by atoms with van der Waals surface area (Å²) in [6.07, 6.45) is 0.381. The van der Waals surface area contributed by atoms with E-state index >= 15 is 0 Å². The number of nitrogens with zero attached hydrogens (tertiary/aromatic N) is 1. The minimum Gasteiger partial charge on any atom is -0.504 e. The molecule has 0 fully saturated rings. The lowest BCUT2D eigenvalue weighted by Gasteiger charge is -2.31. The van der Waals surface area contributed by atoms with E-state index in [1.807, 2.05) is 67.6 Å². The molecule has 2 N–H and O–H groups in total. The van der Waals surface area contributed by atoms with E-state index in [2.05, 4.69) is 21.2 Å². The van der Waals surface area contributed by atoms with E-state index in [1.165, 1.54) is 0 Å². The van der Waals surface area contributed by atoms with Gasteiger partial charge >= 0.3 is 0 Å². The van der Waals surface area contributed by atoms with E-state index < -0.39 is 0 Å². The average molecular weight is 481 g/mol. The Hall–Kier alpha value is -2.83. The molecule has 1 aliphatic rings. The molecular weight excluding hydrogens is 456 g/mol. The van der Waals surface area contributed by atoms with E-state index in [-0.39, 0.29) is 18.0 Å². The van der Waals surface area contributed by atoms with Crippen molar-refractivity contribution in [2.45, 2.75) is 25.6 Å². The molecule has 31 heavy (non-hydrogen) atoms. The van der Waals surface area contributed by atoms with Crippen molar-refractivity contribution in [3.63, 3.8) is 0 Å². The number of phenols is 1. The molecule has 0 aliphatic carbocycles. The Morgan fingerprint density at radius 3 is 2.61 bits per heavy atom. The topological polar surface area (TPSA) is 63.1 Å². The second kappa shape index (κ2) is 9.54. The Balaban J connectivity index is 1.75. The Morgan fingerprint density at radius 1 is 1.10 bits per heavy atom. The lowest BCUT2D eigenvalue weighted by molar-refractivity contribution is 0.313. The van der Waals surface area contributed by atoms with Gasteiger partial charge in [-0.2, -0.15) is 0 Å². The lowest BCUT2D eigenvalue weighted by Crippen LogP contribution is -2.33. The summed E-state index contributed by atoms with van der Waals surface area (Å²) in [6.45, 7) is 2.40. The highest BCUT2D eigenvalue weighted by molar-refractivity contribution is 9.10. The number of halogens is 1. The van der Waals surface area contributed by atoms with Crippen LogP contribution in [0.1, 0.15) is 42.2 Å². The van der Waals surface area contributed by atoms with Crippen molar-refractivity contribution in [2.75, 3.05) is 13.7 Å². The highest BCUT2D eigenvalue weighted by Crippen LogP contribution is 2.39. The molecule has 4 rings (SSSR count). The van der Waals surface area contributed by atoms with Gasteiger partial charge in [-0.15, -0.1) is 0 Å². The summed E-state index contributed by atoms with van der Waals surface area (Å²) in [5, 5.41) is 14.5. The molecule has 0 amide bonds. The maximum atomic E-state index is 10.9. The van der Waals surface area contributed by atoms with Crippen LogP contribution in [0.15, 0.2) is 76.2 Å². The molecule has 6 heteroatoms. The number of methoxy groups -OCH3 is 1. The highest BCUT2D eigenvalue weighted by atomic mass is 79.9. The Bertz CT molecular complexity index is 1080. The lowest BCUT2D eigenvalue weighted by atomic mass is 9.93. The van der Waals surface area contributed by atoms with E-state index in [0.29, 0.717) is 18.8 Å². The summed E-state index contributed by atoms with van der Waals surface area (Å²) in [4.78, 5) is 5.01. The van der Waals surface area contributed by atoms with Crippen molar-refractivity contribution >= 4 is 21.6 Å². The van der Waals surface area contributed by atoms with Gasteiger partial charge in [0.2, 0.25) is 0 Å². The van der Waals surface area contributed by atoms with Crippen molar-refractivity contribution in [3.8, 4) is 17.2 Å². The summed E-state index contributed by atoms with van der Waals surface area (Å²) in [7, 11) is 1.66. The van der Waals surface area contributed by atoms with Crippen LogP contribution in [-0.4, -0.2) is 24.5 Å². The number of phenolic OH excluding ortho intramolecular Hbond substituents is 1. The van der Waals surface area contributed by atoms with Gasteiger partial charge < -0.3 is 14.6 Å². The molecule has 2 atom stereocenters. The summed E-state index contributed by atoms with van der Waals surface area (Å²) in [5.74, 6) is 1.45. The summed E-state index contributed by atoms with van der Waals surface area (Å²) in [6, 6.07) is 21.5. The largest absolute Gasteiger partial charge is 0.504 e. The van der Waals surface area contributed by atoms with Gasteiger partial charge in [0.15, 0.2) is 11.5 Å². The molecular formula is C25H25BrN2O3. The van der Waals surface area contributed by atoms with Gasteiger partial charge in [-0.1, -0.05) is 52.3 Å². The molecule has 3 aromatic carbocycles. The molecule has 0 saturated carbocycles. The predicted octanol–water partition coefficient (Wildman–Crippen LogP) is 5.78. The van der Waals surface area contributed by atoms with Crippen molar-refractivity contribution in [1.29, 1.82) is 0 Å². The molecule has 0 saturated heterocycles. The number of ether oxygens (including phenoxy) is 2. The van der Waals surface area contributed by atoms with Crippen LogP contribution in [0.25, 0.3) is 0 Å². The smallest absolute Gasteiger partial charge is 0.162 e. The van der Waals surface area contributed by atoms with Crippen molar-refractivity contribution in [3.05, 3.63) is 87.9 Å². The van der Waals surface area contributed by atoms with E-state index in [9.17, 15) is 5.11 Å². The van der Waals surface area contributed by atoms with Crippen molar-refractivity contribution < 1.29 is 14.6 Å². The van der Waals surface area contributed by atoms with Gasteiger partial charge in [-0.25, -0.2) is 0 Å². The van der Waals surface area contributed by atoms with Gasteiger partial charge in [0, 0.05) is 28.2 Å². The van der Waals surface area contributed by atoms with Gasteiger partial charge in [-0.05, 0) is 48.4 Å². The van der Waals surface area contributed by atoms with E-state index in [0.717, 1.165) is 32.6 Å². The maximum absolute atomic E-state index is 10.9. The first-order chi connectivity index (χ1) is 15.1. The van der Waals surface area contributed by atoms with Crippen molar-refractivity contribution in [1.82, 2.24) is 5.32 Å². The van der Waals surface area contributed by atoms with Crippen LogP contribution in [-0.2, 0) is 0 Å². The number of hydrogen-bond acceptors (Lipinski definition) is 5. The molecule has 1 heterocycles. The monoisotopic (exact) mass is 480 g/mol. The fraction of sp³-hybridized carbons (Fsp3) is 0.240. The summed E-state index contributed by atoms with van der Waals surface area (Å²) in [5.41, 5.74) is 3.81. The first kappa shape index (κ1) is 21.4. The SMILES string of the molecule is CCOc1cccc(C2CC(c3cccc(OC)c3)=NC(c3ccc(Br)cc3)N2)c1O. The Kier molecular flexibility index (Phi) is 6.59. The van der Waals surface area contributed by atoms with Gasteiger partial charge in [0.1, 0.15) is 11.9 Å². The molecule has 0 aromatic heterocycles. The van der Waals surface area contributed by atoms with E-state index in [4.69, 9.17) is 14.5 Å². The third kappa shape index (κ3) is 4.75. The van der Waals surface area contributed by atoms with E-state index in [1.54, 1.807) is 13.2 Å². The van der Waals surface area contributed by atoms with Gasteiger partial charge in [0.05, 0.1) is 13.7 Å². The third-order valence-electron chi connectivity index (χ3n) is 5.34. The van der Waals surface area contributed by atoms with Crippen LogP contribution in [0, 0.1) is 0 Å². The molecule has 1 aliphatic heterocycles. The summed E-state index contributed by atoms with van der Waals surface area (Å²) < 4.78 is 12.0. The fourth-order valence-corrected chi connectivity index (χ4v) is 4.06. The molecule has 3 aromatic rings. The second-order valence-electron chi connectivity index (χ2n) is 7.31. The third-order valence-corrected chi connectivity index (χ3v) is 5.86. The standard InChI is InChI=1S/C25H25BrN2O3/c1-3-31-23-9-5-8-20(24(23)29)22-15-21(17-6-4-7-19(14-17)30-2)27-25(28-22)16-10-12-18(26)13-11-16/h4-14,22,25,28-29H,3,15H2,1-2H3. The zero-order valence-electron chi connectivity index (χ0n) is 17.5. The fourth-order valence-electron chi connectivity index (χ4n) is 3.79. The quantitative estimate of drug-likeness (QED) is 0.468. The molecule has 0 bridgehead atoms. The Morgan fingerprint density at radius 2 is 1.87 bits per heavy atom.